The molecule has 0 aromatic heterocycles. The van der Waals surface area contributed by atoms with E-state index in [9.17, 15) is 4.79 Å². The summed E-state index contributed by atoms with van der Waals surface area (Å²) in [5.41, 5.74) is 3.39. The van der Waals surface area contributed by atoms with Crippen LogP contribution >= 0.6 is 0 Å². The fraction of sp³-hybridized carbons (Fsp3) is 0.316. The van der Waals surface area contributed by atoms with Crippen LogP contribution in [0.3, 0.4) is 0 Å². The second kappa shape index (κ2) is 9.76. The van der Waals surface area contributed by atoms with E-state index in [1.54, 1.807) is 24.3 Å². The zero-order valence-corrected chi connectivity index (χ0v) is 13.1. The van der Waals surface area contributed by atoms with Crippen molar-refractivity contribution in [2.45, 2.75) is 33.6 Å². The molecule has 0 aliphatic rings. The van der Waals surface area contributed by atoms with Gasteiger partial charge in [0.05, 0.1) is 0 Å². The Morgan fingerprint density at radius 3 is 2.48 bits per heavy atom. The highest BCUT2D eigenvalue weighted by Gasteiger charge is 1.92. The molecule has 0 unspecified atom stereocenters. The van der Waals surface area contributed by atoms with E-state index in [1.165, 1.54) is 11.1 Å². The Morgan fingerprint density at radius 2 is 1.86 bits per heavy atom. The van der Waals surface area contributed by atoms with E-state index in [-0.39, 0.29) is 0 Å². The molecule has 0 bridgehead atoms. The number of hydrogen-bond acceptors (Lipinski definition) is 2. The predicted octanol–water partition coefficient (Wildman–Crippen LogP) is 5.13. The molecular weight excluding hydrogens is 260 g/mol. The number of carbonyl (C=O) groups is 1. The van der Waals surface area contributed by atoms with E-state index >= 15 is 0 Å². The van der Waals surface area contributed by atoms with Crippen LogP contribution in [0.5, 0.6) is 5.75 Å². The lowest BCUT2D eigenvalue weighted by atomic mass is 10.1. The van der Waals surface area contributed by atoms with E-state index in [1.807, 2.05) is 12.2 Å². The number of allylic oxidation sites excluding steroid dienone is 5. The van der Waals surface area contributed by atoms with Gasteiger partial charge in [-0.15, -0.1) is 0 Å². The number of benzene rings is 1. The third kappa shape index (κ3) is 7.93. The van der Waals surface area contributed by atoms with Crippen molar-refractivity contribution in [2.24, 2.45) is 0 Å². The van der Waals surface area contributed by atoms with Crippen LogP contribution < -0.4 is 4.74 Å². The molecule has 112 valence electrons. The average Bonchev–Trinajstić information content (AvgIpc) is 2.47. The smallest absolute Gasteiger partial charge is 0.150 e. The van der Waals surface area contributed by atoms with Gasteiger partial charge in [-0.2, -0.15) is 0 Å². The number of carbonyl (C=O) groups excluding carboxylic acids is 1. The molecule has 21 heavy (non-hydrogen) atoms. The van der Waals surface area contributed by atoms with E-state index < -0.39 is 0 Å². The number of rotatable bonds is 8. The normalized spacial score (nSPS) is 11.5. The molecule has 0 fully saturated rings. The molecule has 0 saturated carbocycles. The third-order valence-corrected chi connectivity index (χ3v) is 2.97. The molecular formula is C19H24O2. The first kappa shape index (κ1) is 17.0. The molecule has 0 spiro atoms. The van der Waals surface area contributed by atoms with Gasteiger partial charge in [-0.25, -0.2) is 0 Å². The Labute approximate surface area is 127 Å². The van der Waals surface area contributed by atoms with Crippen molar-refractivity contribution in [1.29, 1.82) is 0 Å². The molecule has 0 N–H and O–H groups in total. The highest BCUT2D eigenvalue weighted by molar-refractivity contribution is 5.74. The van der Waals surface area contributed by atoms with Gasteiger partial charge >= 0.3 is 0 Å². The zero-order chi connectivity index (χ0) is 15.5. The van der Waals surface area contributed by atoms with Gasteiger partial charge in [0.15, 0.2) is 0 Å². The summed E-state index contributed by atoms with van der Waals surface area (Å²) in [7, 11) is 0. The van der Waals surface area contributed by atoms with Crippen molar-refractivity contribution in [1.82, 2.24) is 0 Å². The Morgan fingerprint density at radius 1 is 1.14 bits per heavy atom. The fourth-order valence-electron chi connectivity index (χ4n) is 1.75. The average molecular weight is 284 g/mol. The molecule has 0 radical (unpaired) electrons. The van der Waals surface area contributed by atoms with Gasteiger partial charge < -0.3 is 4.74 Å². The molecule has 0 aliphatic heterocycles. The van der Waals surface area contributed by atoms with Crippen molar-refractivity contribution in [3.63, 3.8) is 0 Å². The van der Waals surface area contributed by atoms with Crippen molar-refractivity contribution >= 4 is 6.29 Å². The summed E-state index contributed by atoms with van der Waals surface area (Å²) in [5.74, 6) is 0.773. The summed E-state index contributed by atoms with van der Waals surface area (Å²) >= 11 is 0. The van der Waals surface area contributed by atoms with Gasteiger partial charge in [-0.1, -0.05) is 29.4 Å². The van der Waals surface area contributed by atoms with Crippen molar-refractivity contribution in [2.75, 3.05) is 6.61 Å². The standard InChI is InChI=1S/C19H24O2/c1-16(2)7-6-9-17(3)8-4-5-14-21-19-12-10-18(15-20)11-13-19/h4-5,7-8,10-13,15H,6,9,14H2,1-3H3. The van der Waals surface area contributed by atoms with Crippen LogP contribution in [0, 0.1) is 0 Å². The van der Waals surface area contributed by atoms with E-state index in [0.29, 0.717) is 12.2 Å². The van der Waals surface area contributed by atoms with Crippen LogP contribution in [0.4, 0.5) is 0 Å². The second-order valence-electron chi connectivity index (χ2n) is 5.26. The lowest BCUT2D eigenvalue weighted by molar-refractivity contribution is 0.112. The first-order valence-corrected chi connectivity index (χ1v) is 7.25. The summed E-state index contributed by atoms with van der Waals surface area (Å²) in [6, 6.07) is 7.11. The summed E-state index contributed by atoms with van der Waals surface area (Å²) in [5, 5.41) is 0. The van der Waals surface area contributed by atoms with Crippen LogP contribution in [0.2, 0.25) is 0 Å². The maximum absolute atomic E-state index is 10.5. The molecule has 2 nitrogen and oxygen atoms in total. The Balaban J connectivity index is 2.30. The molecule has 0 heterocycles. The quantitative estimate of drug-likeness (QED) is 0.376. The summed E-state index contributed by atoms with van der Waals surface area (Å²) < 4.78 is 5.56. The van der Waals surface area contributed by atoms with Crippen LogP contribution in [0.1, 0.15) is 44.0 Å². The topological polar surface area (TPSA) is 26.3 Å². The summed E-state index contributed by atoms with van der Waals surface area (Å²) in [6.45, 7) is 6.91. The number of hydrogen-bond donors (Lipinski definition) is 0. The lowest BCUT2D eigenvalue weighted by Crippen LogP contribution is -1.93. The van der Waals surface area contributed by atoms with Gasteiger partial charge in [0.1, 0.15) is 18.6 Å². The van der Waals surface area contributed by atoms with Gasteiger partial charge in [0.25, 0.3) is 0 Å². The highest BCUT2D eigenvalue weighted by atomic mass is 16.5. The predicted molar refractivity (Wildman–Crippen MR) is 88.9 cm³/mol. The molecule has 0 amide bonds. The van der Waals surface area contributed by atoms with Crippen LogP contribution in [0.25, 0.3) is 0 Å². The first-order valence-electron chi connectivity index (χ1n) is 7.25. The largest absolute Gasteiger partial charge is 0.490 e. The molecule has 0 atom stereocenters. The van der Waals surface area contributed by atoms with Crippen LogP contribution in [-0.2, 0) is 0 Å². The minimum Gasteiger partial charge on any atom is -0.490 e. The monoisotopic (exact) mass is 284 g/mol. The van der Waals surface area contributed by atoms with Crippen molar-refractivity contribution in [3.8, 4) is 5.75 Å². The molecule has 0 aliphatic carbocycles. The van der Waals surface area contributed by atoms with Crippen molar-refractivity contribution < 1.29 is 9.53 Å². The maximum atomic E-state index is 10.5. The zero-order valence-electron chi connectivity index (χ0n) is 13.1. The molecule has 1 aromatic rings. The van der Waals surface area contributed by atoms with E-state index in [0.717, 1.165) is 24.9 Å². The molecule has 1 aromatic carbocycles. The Bertz CT molecular complexity index is 515. The minimum atomic E-state index is 0.526. The van der Waals surface area contributed by atoms with Crippen LogP contribution in [-0.4, -0.2) is 12.9 Å². The van der Waals surface area contributed by atoms with Crippen molar-refractivity contribution in [3.05, 3.63) is 65.3 Å². The summed E-state index contributed by atoms with van der Waals surface area (Å²) in [6.07, 6.45) is 11.4. The lowest BCUT2D eigenvalue weighted by Gasteiger charge is -2.02. The number of aldehydes is 1. The first-order chi connectivity index (χ1) is 10.1. The van der Waals surface area contributed by atoms with Gasteiger partial charge in [-0.05, 0) is 64.0 Å². The number of ether oxygens (including phenoxy) is 1. The van der Waals surface area contributed by atoms with Gasteiger partial charge in [-0.3, -0.25) is 4.79 Å². The second-order valence-corrected chi connectivity index (χ2v) is 5.26. The Hall–Kier alpha value is -2.09. The minimum absolute atomic E-state index is 0.526. The van der Waals surface area contributed by atoms with E-state index in [4.69, 9.17) is 4.74 Å². The molecule has 1 rings (SSSR count). The summed E-state index contributed by atoms with van der Waals surface area (Å²) in [4.78, 5) is 10.5. The highest BCUT2D eigenvalue weighted by Crippen LogP contribution is 2.11. The molecule has 0 saturated heterocycles. The Kier molecular flexibility index (Phi) is 7.88. The van der Waals surface area contributed by atoms with Gasteiger partial charge in [0.2, 0.25) is 0 Å². The van der Waals surface area contributed by atoms with E-state index in [2.05, 4.69) is 32.9 Å². The third-order valence-electron chi connectivity index (χ3n) is 2.97. The van der Waals surface area contributed by atoms with Crippen LogP contribution in [0.15, 0.2) is 59.7 Å². The maximum Gasteiger partial charge on any atom is 0.150 e. The SMILES string of the molecule is CC(C)=CCCC(C)=CC=CCOc1ccc(C=O)cc1. The fourth-order valence-corrected chi connectivity index (χ4v) is 1.75. The molecule has 2 heteroatoms. The van der Waals surface area contributed by atoms with Gasteiger partial charge in [0, 0.05) is 5.56 Å².